The summed E-state index contributed by atoms with van der Waals surface area (Å²) in [5.41, 5.74) is -5.87. The van der Waals surface area contributed by atoms with E-state index in [1.807, 2.05) is 6.92 Å². The van der Waals surface area contributed by atoms with E-state index in [-0.39, 0.29) is 18.3 Å². The zero-order chi connectivity index (χ0) is 21.3. The Balaban J connectivity index is 3.26. The minimum Gasteiger partial charge on any atom is -0.429 e. The van der Waals surface area contributed by atoms with Gasteiger partial charge in [-0.2, -0.15) is 26.3 Å². The van der Waals surface area contributed by atoms with Gasteiger partial charge in [0.1, 0.15) is 5.60 Å². The number of halogens is 6. The average molecular weight is 406 g/mol. The normalized spacial score (nSPS) is 24.8. The highest BCUT2D eigenvalue weighted by molar-refractivity contribution is 5.61. The van der Waals surface area contributed by atoms with Crippen LogP contribution in [0.5, 0.6) is 0 Å². The standard InChI is InChI=1S/C18H28F6O3/c1-6-7-12-8-11(2)9-13(12)10-16(17(19,20)21,18(22,23)24)27-14(25)26-15(3,4)5/h11-13H,6-10H2,1-5H3. The Labute approximate surface area is 155 Å². The molecular weight excluding hydrogens is 378 g/mol. The summed E-state index contributed by atoms with van der Waals surface area (Å²) in [6.45, 7) is 7.62. The van der Waals surface area contributed by atoms with E-state index in [1.165, 1.54) is 20.8 Å². The van der Waals surface area contributed by atoms with Crippen LogP contribution in [-0.4, -0.2) is 29.7 Å². The Morgan fingerprint density at radius 2 is 1.41 bits per heavy atom. The number of ether oxygens (including phenoxy) is 2. The third-order valence-corrected chi connectivity index (χ3v) is 4.85. The van der Waals surface area contributed by atoms with Crippen molar-refractivity contribution in [3.05, 3.63) is 0 Å². The Bertz CT molecular complexity index is 493. The van der Waals surface area contributed by atoms with E-state index in [0.29, 0.717) is 19.3 Å². The third kappa shape index (κ3) is 5.91. The van der Waals surface area contributed by atoms with E-state index in [2.05, 4.69) is 9.47 Å². The zero-order valence-electron chi connectivity index (χ0n) is 16.3. The molecule has 3 unspecified atom stereocenters. The van der Waals surface area contributed by atoms with Gasteiger partial charge in [0.15, 0.2) is 0 Å². The zero-order valence-corrected chi connectivity index (χ0v) is 16.3. The van der Waals surface area contributed by atoms with Crippen LogP contribution in [0, 0.1) is 17.8 Å². The molecule has 0 heterocycles. The van der Waals surface area contributed by atoms with Crippen molar-refractivity contribution in [1.82, 2.24) is 0 Å². The fourth-order valence-electron chi connectivity index (χ4n) is 3.82. The molecule has 0 spiro atoms. The van der Waals surface area contributed by atoms with Crippen LogP contribution in [0.1, 0.15) is 66.7 Å². The van der Waals surface area contributed by atoms with Gasteiger partial charge in [-0.1, -0.05) is 26.7 Å². The van der Waals surface area contributed by atoms with Crippen molar-refractivity contribution in [2.75, 3.05) is 0 Å². The quantitative estimate of drug-likeness (QED) is 0.379. The molecule has 0 N–H and O–H groups in total. The van der Waals surface area contributed by atoms with E-state index >= 15 is 0 Å². The minimum atomic E-state index is -5.81. The highest BCUT2D eigenvalue weighted by Gasteiger charge is 2.75. The lowest BCUT2D eigenvalue weighted by Crippen LogP contribution is -2.61. The Morgan fingerprint density at radius 1 is 0.926 bits per heavy atom. The van der Waals surface area contributed by atoms with Crippen LogP contribution in [0.3, 0.4) is 0 Å². The Kier molecular flexibility index (Phi) is 7.14. The van der Waals surface area contributed by atoms with E-state index in [0.717, 1.165) is 0 Å². The summed E-state index contributed by atoms with van der Waals surface area (Å²) in [4.78, 5) is 11.8. The predicted molar refractivity (Wildman–Crippen MR) is 87.1 cm³/mol. The molecule has 9 heteroatoms. The van der Waals surface area contributed by atoms with E-state index < -0.39 is 42.0 Å². The predicted octanol–water partition coefficient (Wildman–Crippen LogP) is 6.65. The molecule has 0 saturated heterocycles. The molecule has 1 aliphatic rings. The van der Waals surface area contributed by atoms with Crippen molar-refractivity contribution in [2.24, 2.45) is 17.8 Å². The fourth-order valence-corrected chi connectivity index (χ4v) is 3.82. The van der Waals surface area contributed by atoms with Gasteiger partial charge in [0.05, 0.1) is 0 Å². The van der Waals surface area contributed by atoms with Crippen molar-refractivity contribution < 1.29 is 40.6 Å². The van der Waals surface area contributed by atoms with Gasteiger partial charge in [-0.15, -0.1) is 0 Å². The van der Waals surface area contributed by atoms with Gasteiger partial charge in [-0.25, -0.2) is 4.79 Å². The first kappa shape index (κ1) is 23.9. The molecule has 0 amide bonds. The molecule has 0 aromatic rings. The first-order valence-electron chi connectivity index (χ1n) is 9.08. The second kappa shape index (κ2) is 8.07. The summed E-state index contributed by atoms with van der Waals surface area (Å²) >= 11 is 0. The summed E-state index contributed by atoms with van der Waals surface area (Å²) in [5, 5.41) is 0. The molecular formula is C18H28F6O3. The molecule has 1 saturated carbocycles. The molecule has 3 nitrogen and oxygen atoms in total. The summed E-state index contributed by atoms with van der Waals surface area (Å²) < 4.78 is 90.7. The molecule has 0 bridgehead atoms. The van der Waals surface area contributed by atoms with Crippen LogP contribution in [-0.2, 0) is 9.47 Å². The van der Waals surface area contributed by atoms with E-state index in [1.54, 1.807) is 6.92 Å². The average Bonchev–Trinajstić information content (AvgIpc) is 2.73. The van der Waals surface area contributed by atoms with Crippen LogP contribution in [0.2, 0.25) is 0 Å². The van der Waals surface area contributed by atoms with E-state index in [9.17, 15) is 31.1 Å². The molecule has 1 rings (SSSR count). The third-order valence-electron chi connectivity index (χ3n) is 4.85. The maximum atomic E-state index is 13.7. The SMILES string of the molecule is CCCC1CC(C)CC1CC(OC(=O)OC(C)(C)C)(C(F)(F)F)C(F)(F)F. The Morgan fingerprint density at radius 3 is 1.81 bits per heavy atom. The summed E-state index contributed by atoms with van der Waals surface area (Å²) in [7, 11) is 0. The highest BCUT2D eigenvalue weighted by atomic mass is 19.4. The van der Waals surface area contributed by atoms with Crippen molar-refractivity contribution >= 4 is 6.16 Å². The highest BCUT2D eigenvalue weighted by Crippen LogP contribution is 2.53. The van der Waals surface area contributed by atoms with Crippen molar-refractivity contribution in [1.29, 1.82) is 0 Å². The van der Waals surface area contributed by atoms with Gasteiger partial charge in [0.25, 0.3) is 0 Å². The summed E-state index contributed by atoms with van der Waals surface area (Å²) in [5.74, 6) is -1.09. The lowest BCUT2D eigenvalue weighted by atomic mass is 9.81. The number of hydrogen-bond acceptors (Lipinski definition) is 3. The maximum absolute atomic E-state index is 13.7. The number of carbonyl (C=O) groups excluding carboxylic acids is 1. The van der Waals surface area contributed by atoms with Gasteiger partial charge < -0.3 is 9.47 Å². The maximum Gasteiger partial charge on any atom is 0.510 e. The number of carbonyl (C=O) groups is 1. The van der Waals surface area contributed by atoms with Crippen molar-refractivity contribution in [3.63, 3.8) is 0 Å². The van der Waals surface area contributed by atoms with Gasteiger partial charge in [0, 0.05) is 6.42 Å². The molecule has 1 aliphatic carbocycles. The number of rotatable bonds is 5. The number of alkyl halides is 6. The monoisotopic (exact) mass is 406 g/mol. The van der Waals surface area contributed by atoms with Crippen molar-refractivity contribution in [2.45, 2.75) is 90.3 Å². The van der Waals surface area contributed by atoms with Crippen LogP contribution < -0.4 is 0 Å². The fraction of sp³-hybridized carbons (Fsp3) is 0.944. The van der Waals surface area contributed by atoms with Gasteiger partial charge >= 0.3 is 24.1 Å². The van der Waals surface area contributed by atoms with E-state index in [4.69, 9.17) is 0 Å². The second-order valence-corrected chi connectivity index (χ2v) is 8.48. The summed E-state index contributed by atoms with van der Waals surface area (Å²) in [6, 6.07) is 0. The molecule has 27 heavy (non-hydrogen) atoms. The minimum absolute atomic E-state index is 0.0206. The first-order valence-corrected chi connectivity index (χ1v) is 9.08. The smallest absolute Gasteiger partial charge is 0.429 e. The molecule has 160 valence electrons. The molecule has 0 aromatic heterocycles. The largest absolute Gasteiger partial charge is 0.510 e. The summed E-state index contributed by atoms with van der Waals surface area (Å²) in [6.07, 6.45) is -13.0. The van der Waals surface area contributed by atoms with Crippen LogP contribution >= 0.6 is 0 Å². The van der Waals surface area contributed by atoms with Crippen molar-refractivity contribution in [3.8, 4) is 0 Å². The van der Waals surface area contributed by atoms with Gasteiger partial charge in [0.2, 0.25) is 0 Å². The second-order valence-electron chi connectivity index (χ2n) is 8.48. The van der Waals surface area contributed by atoms with Crippen LogP contribution in [0.15, 0.2) is 0 Å². The van der Waals surface area contributed by atoms with Crippen LogP contribution in [0.25, 0.3) is 0 Å². The molecule has 0 aliphatic heterocycles. The van der Waals surface area contributed by atoms with Crippen LogP contribution in [0.4, 0.5) is 31.1 Å². The lowest BCUT2D eigenvalue weighted by Gasteiger charge is -2.39. The lowest BCUT2D eigenvalue weighted by molar-refractivity contribution is -0.374. The molecule has 1 fully saturated rings. The molecule has 0 aromatic carbocycles. The first-order chi connectivity index (χ1) is 12.0. The Hall–Kier alpha value is -1.15. The molecule has 0 radical (unpaired) electrons. The van der Waals surface area contributed by atoms with Gasteiger partial charge in [-0.05, 0) is 51.4 Å². The molecule has 3 atom stereocenters. The topological polar surface area (TPSA) is 35.5 Å². The number of hydrogen-bond donors (Lipinski definition) is 0. The van der Waals surface area contributed by atoms with Gasteiger partial charge in [-0.3, -0.25) is 0 Å².